The Morgan fingerprint density at radius 3 is 3.05 bits per heavy atom. The van der Waals surface area contributed by atoms with Crippen molar-refractivity contribution in [1.82, 2.24) is 19.8 Å². The average molecular weight is 288 g/mol. The zero-order valence-electron chi connectivity index (χ0n) is 12.0. The summed E-state index contributed by atoms with van der Waals surface area (Å²) in [4.78, 5) is 14.5. The molecule has 0 saturated carbocycles. The van der Waals surface area contributed by atoms with Crippen LogP contribution < -0.4 is 5.32 Å². The molecule has 1 N–H and O–H groups in total. The Hall–Kier alpha value is -1.92. The van der Waals surface area contributed by atoms with Crippen molar-refractivity contribution in [1.29, 1.82) is 0 Å². The van der Waals surface area contributed by atoms with Crippen molar-refractivity contribution in [3.05, 3.63) is 36.2 Å². The lowest BCUT2D eigenvalue weighted by Crippen LogP contribution is -2.38. The number of rotatable bonds is 5. The van der Waals surface area contributed by atoms with Crippen molar-refractivity contribution in [2.24, 2.45) is 0 Å². The molecule has 0 radical (unpaired) electrons. The number of nitrogens with zero attached hydrogens (tertiary/aromatic N) is 3. The van der Waals surface area contributed by atoms with Gasteiger partial charge in [-0.25, -0.2) is 4.52 Å². The monoisotopic (exact) mass is 288 g/mol. The third kappa shape index (κ3) is 3.40. The van der Waals surface area contributed by atoms with Gasteiger partial charge in [0.05, 0.1) is 30.5 Å². The van der Waals surface area contributed by atoms with Gasteiger partial charge >= 0.3 is 0 Å². The quantitative estimate of drug-likeness (QED) is 0.826. The molecular weight excluding hydrogens is 268 g/mol. The lowest BCUT2D eigenvalue weighted by atomic mass is 10.2. The van der Waals surface area contributed by atoms with Gasteiger partial charge in [-0.15, -0.1) is 0 Å². The van der Waals surface area contributed by atoms with Gasteiger partial charge in [0, 0.05) is 25.8 Å². The zero-order valence-corrected chi connectivity index (χ0v) is 12.0. The average Bonchev–Trinajstić information content (AvgIpc) is 2.96. The van der Waals surface area contributed by atoms with Gasteiger partial charge < -0.3 is 10.1 Å². The first-order valence-electron chi connectivity index (χ1n) is 7.35. The van der Waals surface area contributed by atoms with Gasteiger partial charge in [0.1, 0.15) is 0 Å². The number of pyridine rings is 1. The molecule has 0 atom stereocenters. The van der Waals surface area contributed by atoms with E-state index >= 15 is 0 Å². The summed E-state index contributed by atoms with van der Waals surface area (Å²) < 4.78 is 7.02. The molecule has 0 spiro atoms. The van der Waals surface area contributed by atoms with Crippen LogP contribution in [-0.2, 0) is 4.74 Å². The van der Waals surface area contributed by atoms with Crippen LogP contribution in [0, 0.1) is 0 Å². The Balaban J connectivity index is 1.48. The van der Waals surface area contributed by atoms with Crippen LogP contribution in [0.2, 0.25) is 0 Å². The second kappa shape index (κ2) is 6.69. The van der Waals surface area contributed by atoms with E-state index < -0.39 is 0 Å². The van der Waals surface area contributed by atoms with E-state index in [9.17, 15) is 4.79 Å². The van der Waals surface area contributed by atoms with Crippen molar-refractivity contribution >= 4 is 11.4 Å². The Kier molecular flexibility index (Phi) is 4.47. The smallest absolute Gasteiger partial charge is 0.255 e. The number of aromatic nitrogens is 2. The second-order valence-corrected chi connectivity index (χ2v) is 5.15. The van der Waals surface area contributed by atoms with E-state index in [1.54, 1.807) is 10.7 Å². The molecule has 2 aromatic heterocycles. The van der Waals surface area contributed by atoms with E-state index in [1.807, 2.05) is 24.4 Å². The molecule has 0 aromatic carbocycles. The van der Waals surface area contributed by atoms with Crippen LogP contribution in [0.4, 0.5) is 0 Å². The minimum atomic E-state index is -0.0572. The van der Waals surface area contributed by atoms with Gasteiger partial charge in [-0.2, -0.15) is 5.10 Å². The predicted octanol–water partition coefficient (Wildman–Crippen LogP) is 0.786. The zero-order chi connectivity index (χ0) is 14.5. The van der Waals surface area contributed by atoms with Crippen molar-refractivity contribution in [2.75, 3.05) is 39.4 Å². The SMILES string of the molecule is O=C(NCCCN1CCOCC1)c1cnn2ccccc12. The molecule has 1 saturated heterocycles. The lowest BCUT2D eigenvalue weighted by molar-refractivity contribution is 0.0374. The fourth-order valence-electron chi connectivity index (χ4n) is 2.53. The van der Waals surface area contributed by atoms with E-state index in [0.717, 1.165) is 44.8 Å². The van der Waals surface area contributed by atoms with Gasteiger partial charge in [-0.1, -0.05) is 6.07 Å². The summed E-state index contributed by atoms with van der Waals surface area (Å²) in [6.07, 6.45) is 4.40. The summed E-state index contributed by atoms with van der Waals surface area (Å²) in [5.74, 6) is -0.0572. The number of nitrogens with one attached hydrogen (secondary N) is 1. The van der Waals surface area contributed by atoms with Gasteiger partial charge in [-0.3, -0.25) is 9.69 Å². The third-order valence-corrected chi connectivity index (χ3v) is 3.71. The largest absolute Gasteiger partial charge is 0.379 e. The molecule has 1 amide bonds. The van der Waals surface area contributed by atoms with Gasteiger partial charge in [-0.05, 0) is 25.1 Å². The molecule has 1 fully saturated rings. The summed E-state index contributed by atoms with van der Waals surface area (Å²) in [6, 6.07) is 5.70. The molecule has 0 bridgehead atoms. The standard InChI is InChI=1S/C15H20N4O2/c20-15(13-12-17-19-7-2-1-4-14(13)19)16-5-3-6-18-8-10-21-11-9-18/h1-2,4,7,12H,3,5-6,8-11H2,(H,16,20). The first-order valence-corrected chi connectivity index (χ1v) is 7.35. The van der Waals surface area contributed by atoms with Gasteiger partial charge in [0.15, 0.2) is 0 Å². The third-order valence-electron chi connectivity index (χ3n) is 3.71. The van der Waals surface area contributed by atoms with Crippen LogP contribution in [-0.4, -0.2) is 59.8 Å². The maximum absolute atomic E-state index is 12.2. The van der Waals surface area contributed by atoms with Gasteiger partial charge in [0.2, 0.25) is 0 Å². The van der Waals surface area contributed by atoms with Crippen molar-refractivity contribution < 1.29 is 9.53 Å². The van der Waals surface area contributed by atoms with Crippen LogP contribution in [0.3, 0.4) is 0 Å². The van der Waals surface area contributed by atoms with Crippen LogP contribution >= 0.6 is 0 Å². The minimum absolute atomic E-state index is 0.0572. The van der Waals surface area contributed by atoms with Crippen LogP contribution in [0.5, 0.6) is 0 Å². The predicted molar refractivity (Wildman–Crippen MR) is 79.4 cm³/mol. The fourth-order valence-corrected chi connectivity index (χ4v) is 2.53. The maximum atomic E-state index is 12.2. The number of fused-ring (bicyclic) bond motifs is 1. The molecule has 1 aliphatic rings. The van der Waals surface area contributed by atoms with Crippen LogP contribution in [0.25, 0.3) is 5.52 Å². The first kappa shape index (κ1) is 14.0. The Labute approximate surface area is 123 Å². The molecule has 0 aliphatic carbocycles. The van der Waals surface area contributed by atoms with Crippen molar-refractivity contribution in [2.45, 2.75) is 6.42 Å². The van der Waals surface area contributed by atoms with Crippen LogP contribution in [0.15, 0.2) is 30.6 Å². The highest BCUT2D eigenvalue weighted by Gasteiger charge is 2.12. The highest BCUT2D eigenvalue weighted by molar-refractivity contribution is 6.00. The number of carbonyl (C=O) groups is 1. The summed E-state index contributed by atoms with van der Waals surface area (Å²) in [7, 11) is 0. The van der Waals surface area contributed by atoms with Crippen molar-refractivity contribution in [3.63, 3.8) is 0 Å². The number of morpholine rings is 1. The van der Waals surface area contributed by atoms with Gasteiger partial charge in [0.25, 0.3) is 5.91 Å². The molecule has 2 aromatic rings. The number of amides is 1. The summed E-state index contributed by atoms with van der Waals surface area (Å²) in [5, 5.41) is 7.14. The number of carbonyl (C=O) groups excluding carboxylic acids is 1. The minimum Gasteiger partial charge on any atom is -0.379 e. The van der Waals surface area contributed by atoms with E-state index in [1.165, 1.54) is 0 Å². The number of hydrogen-bond acceptors (Lipinski definition) is 4. The highest BCUT2D eigenvalue weighted by atomic mass is 16.5. The van der Waals surface area contributed by atoms with Crippen LogP contribution in [0.1, 0.15) is 16.8 Å². The van der Waals surface area contributed by atoms with E-state index in [4.69, 9.17) is 4.74 Å². The Bertz CT molecular complexity index is 604. The molecule has 21 heavy (non-hydrogen) atoms. The van der Waals surface area contributed by atoms with E-state index in [-0.39, 0.29) is 5.91 Å². The Morgan fingerprint density at radius 2 is 2.19 bits per heavy atom. The molecule has 112 valence electrons. The Morgan fingerprint density at radius 1 is 1.33 bits per heavy atom. The summed E-state index contributed by atoms with van der Waals surface area (Å²) >= 11 is 0. The fraction of sp³-hybridized carbons (Fsp3) is 0.467. The van der Waals surface area contributed by atoms with E-state index in [2.05, 4.69) is 15.3 Å². The first-order chi connectivity index (χ1) is 10.3. The second-order valence-electron chi connectivity index (χ2n) is 5.15. The highest BCUT2D eigenvalue weighted by Crippen LogP contribution is 2.09. The maximum Gasteiger partial charge on any atom is 0.255 e. The summed E-state index contributed by atoms with van der Waals surface area (Å²) in [6.45, 7) is 5.28. The molecule has 0 unspecified atom stereocenters. The summed E-state index contributed by atoms with van der Waals surface area (Å²) in [5.41, 5.74) is 1.46. The number of hydrogen-bond donors (Lipinski definition) is 1. The molecular formula is C15H20N4O2. The molecule has 1 aliphatic heterocycles. The van der Waals surface area contributed by atoms with E-state index in [0.29, 0.717) is 12.1 Å². The topological polar surface area (TPSA) is 58.9 Å². The van der Waals surface area contributed by atoms with Crippen molar-refractivity contribution in [3.8, 4) is 0 Å². The number of ether oxygens (including phenoxy) is 1. The molecule has 6 nitrogen and oxygen atoms in total. The molecule has 3 heterocycles. The molecule has 6 heteroatoms. The molecule has 3 rings (SSSR count). The lowest BCUT2D eigenvalue weighted by Gasteiger charge is -2.26. The normalized spacial score (nSPS) is 16.2.